The number of nitrogens with zero attached hydrogens (tertiary/aromatic N) is 2. The summed E-state index contributed by atoms with van der Waals surface area (Å²) in [6.45, 7) is 2.91. The number of thiazole rings is 1. The molecule has 1 aliphatic heterocycles. The van der Waals surface area contributed by atoms with Crippen molar-refractivity contribution in [1.82, 2.24) is 4.98 Å². The summed E-state index contributed by atoms with van der Waals surface area (Å²) >= 11 is 6.82. The summed E-state index contributed by atoms with van der Waals surface area (Å²) in [5.74, 6) is -0.125. The maximum absolute atomic E-state index is 13.2. The van der Waals surface area contributed by atoms with Gasteiger partial charge in [-0.25, -0.2) is 21.8 Å². The third-order valence-electron chi connectivity index (χ3n) is 4.48. The van der Waals surface area contributed by atoms with Crippen LogP contribution in [0.5, 0.6) is 0 Å². The van der Waals surface area contributed by atoms with E-state index in [1.807, 2.05) is 4.90 Å². The smallest absolute Gasteiger partial charge is 0.226 e. The van der Waals surface area contributed by atoms with Crippen molar-refractivity contribution in [3.05, 3.63) is 29.3 Å². The second-order valence-corrected chi connectivity index (χ2v) is 12.1. The second kappa shape index (κ2) is 8.06. The monoisotopic (exact) mass is 448 g/mol. The van der Waals surface area contributed by atoms with Crippen molar-refractivity contribution in [2.75, 3.05) is 23.7 Å². The fourth-order valence-corrected chi connectivity index (χ4v) is 7.22. The van der Waals surface area contributed by atoms with Gasteiger partial charge in [0.1, 0.15) is 5.00 Å². The number of hydrogen-bond acceptors (Lipinski definition) is 7. The van der Waals surface area contributed by atoms with Crippen LogP contribution in [0, 0.1) is 0 Å². The molecular weight excluding hydrogens is 428 g/mol. The maximum Gasteiger partial charge on any atom is 0.226 e. The van der Waals surface area contributed by atoms with Crippen LogP contribution in [0.3, 0.4) is 0 Å². The SMILES string of the molecule is CCS(=O)(=O)c1nc(S(=O)(=O)c2ccc(Cl)cc2)c(N2CCCCCC2)s1. The van der Waals surface area contributed by atoms with E-state index in [1.54, 1.807) is 0 Å². The molecule has 148 valence electrons. The van der Waals surface area contributed by atoms with E-state index in [0.29, 0.717) is 23.1 Å². The van der Waals surface area contributed by atoms with Crippen molar-refractivity contribution >= 4 is 47.6 Å². The molecule has 1 aromatic heterocycles. The van der Waals surface area contributed by atoms with Gasteiger partial charge in [0.25, 0.3) is 0 Å². The van der Waals surface area contributed by atoms with Crippen molar-refractivity contribution in [3.8, 4) is 0 Å². The topological polar surface area (TPSA) is 84.4 Å². The lowest BCUT2D eigenvalue weighted by atomic mass is 10.2. The van der Waals surface area contributed by atoms with Crippen LogP contribution in [0.2, 0.25) is 5.02 Å². The molecule has 0 bridgehead atoms. The molecule has 0 N–H and O–H groups in total. The van der Waals surface area contributed by atoms with Crippen LogP contribution in [0.4, 0.5) is 5.00 Å². The molecule has 0 aliphatic carbocycles. The average molecular weight is 449 g/mol. The van der Waals surface area contributed by atoms with E-state index in [0.717, 1.165) is 37.0 Å². The van der Waals surface area contributed by atoms with Crippen molar-refractivity contribution in [3.63, 3.8) is 0 Å². The van der Waals surface area contributed by atoms with Gasteiger partial charge in [-0.05, 0) is 37.1 Å². The van der Waals surface area contributed by atoms with Crippen LogP contribution < -0.4 is 4.90 Å². The Kier molecular flexibility index (Phi) is 6.14. The van der Waals surface area contributed by atoms with Crippen LogP contribution in [-0.4, -0.2) is 40.7 Å². The minimum atomic E-state index is -3.96. The third kappa shape index (κ3) is 4.31. The van der Waals surface area contributed by atoms with Gasteiger partial charge in [-0.15, -0.1) is 0 Å². The summed E-state index contributed by atoms with van der Waals surface area (Å²) in [5, 5.41) is 0.664. The van der Waals surface area contributed by atoms with Gasteiger partial charge in [-0.2, -0.15) is 0 Å². The highest BCUT2D eigenvalue weighted by Gasteiger charge is 2.32. The zero-order valence-electron chi connectivity index (χ0n) is 14.9. The Morgan fingerprint density at radius 2 is 1.63 bits per heavy atom. The first-order chi connectivity index (χ1) is 12.8. The van der Waals surface area contributed by atoms with Crippen LogP contribution in [0.25, 0.3) is 0 Å². The standard InChI is InChI=1S/C17H21ClN2O4S3/c1-2-26(21,22)17-19-15(16(25-17)20-11-5-3-4-6-12-20)27(23,24)14-9-7-13(18)8-10-14/h7-10H,2-6,11-12H2,1H3. The largest absolute Gasteiger partial charge is 0.361 e. The fraction of sp³-hybridized carbons (Fsp3) is 0.471. The average Bonchev–Trinajstić information content (AvgIpc) is 2.94. The number of halogens is 1. The van der Waals surface area contributed by atoms with Crippen LogP contribution in [0.1, 0.15) is 32.6 Å². The summed E-state index contributed by atoms with van der Waals surface area (Å²) in [4.78, 5) is 6.11. The highest BCUT2D eigenvalue weighted by atomic mass is 35.5. The van der Waals surface area contributed by atoms with Crippen LogP contribution in [0.15, 0.2) is 38.5 Å². The zero-order chi connectivity index (χ0) is 19.7. The number of rotatable bonds is 5. The van der Waals surface area contributed by atoms with Gasteiger partial charge < -0.3 is 4.90 Å². The van der Waals surface area contributed by atoms with Crippen molar-refractivity contribution < 1.29 is 16.8 Å². The van der Waals surface area contributed by atoms with E-state index in [9.17, 15) is 16.8 Å². The van der Waals surface area contributed by atoms with Gasteiger partial charge in [0, 0.05) is 18.1 Å². The normalized spacial score (nSPS) is 16.3. The van der Waals surface area contributed by atoms with E-state index in [-0.39, 0.29) is 20.0 Å². The highest BCUT2D eigenvalue weighted by molar-refractivity contribution is 7.94. The molecule has 6 nitrogen and oxygen atoms in total. The molecule has 1 aromatic carbocycles. The molecule has 0 radical (unpaired) electrons. The first kappa shape index (κ1) is 20.6. The molecule has 0 atom stereocenters. The molecule has 2 heterocycles. The number of hydrogen-bond donors (Lipinski definition) is 0. The molecule has 0 spiro atoms. The summed E-state index contributed by atoms with van der Waals surface area (Å²) in [5.41, 5.74) is 0. The molecule has 0 unspecified atom stereocenters. The summed E-state index contributed by atoms with van der Waals surface area (Å²) in [6, 6.07) is 5.82. The predicted octanol–water partition coefficient (Wildman–Crippen LogP) is 3.80. The lowest BCUT2D eigenvalue weighted by molar-refractivity contribution is 0.589. The third-order valence-corrected chi connectivity index (χ3v) is 9.85. The first-order valence-electron chi connectivity index (χ1n) is 8.75. The quantitative estimate of drug-likeness (QED) is 0.691. The lowest BCUT2D eigenvalue weighted by Crippen LogP contribution is -2.24. The molecule has 2 aromatic rings. The minimum absolute atomic E-state index is 0.0497. The molecule has 10 heteroatoms. The Labute approximate surface area is 169 Å². The van der Waals surface area contributed by atoms with E-state index in [1.165, 1.54) is 31.2 Å². The summed E-state index contributed by atoms with van der Waals surface area (Å²) in [7, 11) is -7.56. The van der Waals surface area contributed by atoms with Gasteiger partial charge in [0.15, 0.2) is 5.03 Å². The first-order valence-corrected chi connectivity index (χ1v) is 13.1. The van der Waals surface area contributed by atoms with Crippen molar-refractivity contribution in [2.24, 2.45) is 0 Å². The Morgan fingerprint density at radius 1 is 1.04 bits per heavy atom. The Hall–Kier alpha value is -1.16. The van der Waals surface area contributed by atoms with Gasteiger partial charge >= 0.3 is 0 Å². The molecule has 1 aliphatic rings. The number of anilines is 1. The highest BCUT2D eigenvalue weighted by Crippen LogP contribution is 2.38. The minimum Gasteiger partial charge on any atom is -0.361 e. The van der Waals surface area contributed by atoms with E-state index in [4.69, 9.17) is 11.6 Å². The van der Waals surface area contributed by atoms with Crippen molar-refractivity contribution in [1.29, 1.82) is 0 Å². The van der Waals surface area contributed by atoms with Gasteiger partial charge in [0.05, 0.1) is 10.6 Å². The Bertz CT molecular complexity index is 1010. The van der Waals surface area contributed by atoms with Gasteiger partial charge in [0.2, 0.25) is 24.0 Å². The number of benzene rings is 1. The number of sulfone groups is 2. The van der Waals surface area contributed by atoms with Gasteiger partial charge in [-0.1, -0.05) is 42.7 Å². The van der Waals surface area contributed by atoms with E-state index < -0.39 is 19.7 Å². The van der Waals surface area contributed by atoms with E-state index >= 15 is 0 Å². The molecule has 1 fully saturated rings. The molecule has 3 rings (SSSR count). The fourth-order valence-electron chi connectivity index (χ4n) is 2.91. The molecule has 0 amide bonds. The van der Waals surface area contributed by atoms with Crippen LogP contribution >= 0.6 is 22.9 Å². The molecular formula is C17H21ClN2O4S3. The maximum atomic E-state index is 13.2. The van der Waals surface area contributed by atoms with E-state index in [2.05, 4.69) is 4.98 Å². The van der Waals surface area contributed by atoms with Gasteiger partial charge in [-0.3, -0.25) is 0 Å². The second-order valence-electron chi connectivity index (χ2n) is 6.35. The Morgan fingerprint density at radius 3 is 2.19 bits per heavy atom. The summed E-state index contributed by atoms with van der Waals surface area (Å²) in [6.07, 6.45) is 4.03. The lowest BCUT2D eigenvalue weighted by Gasteiger charge is -2.21. The van der Waals surface area contributed by atoms with Crippen LogP contribution in [-0.2, 0) is 19.7 Å². The molecule has 1 saturated heterocycles. The molecule has 27 heavy (non-hydrogen) atoms. The summed E-state index contributed by atoms with van der Waals surface area (Å²) < 4.78 is 50.9. The number of aromatic nitrogens is 1. The molecule has 0 saturated carbocycles. The van der Waals surface area contributed by atoms with Crippen molar-refractivity contribution in [2.45, 2.75) is 46.9 Å². The zero-order valence-corrected chi connectivity index (χ0v) is 18.1. The Balaban J connectivity index is 2.16. The predicted molar refractivity (Wildman–Crippen MR) is 107 cm³/mol.